The summed E-state index contributed by atoms with van der Waals surface area (Å²) in [5.41, 5.74) is 2.02. The Bertz CT molecular complexity index is 1240. The summed E-state index contributed by atoms with van der Waals surface area (Å²) in [6.07, 6.45) is 0.895. The predicted octanol–water partition coefficient (Wildman–Crippen LogP) is 4.46. The van der Waals surface area contributed by atoms with Crippen LogP contribution in [0.2, 0.25) is 5.02 Å². The van der Waals surface area contributed by atoms with Crippen molar-refractivity contribution in [2.45, 2.75) is 6.54 Å². The van der Waals surface area contributed by atoms with E-state index in [0.717, 1.165) is 17.5 Å². The standard InChI is InChI=1S/C19H14BrClN4O3S2/c1-30(27,28)24-18(26)16-17(20)29-19(23-16)25(11-13-4-2-3-5-15(13)21)14-8-6-12(10-22)7-9-14/h2-9H,11H2,1H3,(H,24,26). The number of rotatable bonds is 6. The van der Waals surface area contributed by atoms with Crippen LogP contribution in [0.3, 0.4) is 0 Å². The van der Waals surface area contributed by atoms with E-state index in [2.05, 4.69) is 27.0 Å². The minimum atomic E-state index is -3.73. The number of nitrogens with one attached hydrogen (secondary N) is 1. The predicted molar refractivity (Wildman–Crippen MR) is 121 cm³/mol. The Morgan fingerprint density at radius 2 is 1.93 bits per heavy atom. The van der Waals surface area contributed by atoms with Gasteiger partial charge in [-0.25, -0.2) is 18.1 Å². The van der Waals surface area contributed by atoms with Crippen LogP contribution in [0, 0.1) is 11.3 Å². The van der Waals surface area contributed by atoms with Crippen LogP contribution < -0.4 is 9.62 Å². The molecule has 0 saturated heterocycles. The lowest BCUT2D eigenvalue weighted by atomic mass is 10.1. The molecule has 1 aromatic heterocycles. The third kappa shape index (κ3) is 5.37. The van der Waals surface area contributed by atoms with Crippen LogP contribution in [0.1, 0.15) is 21.6 Å². The molecular weight excluding hydrogens is 512 g/mol. The number of anilines is 2. The van der Waals surface area contributed by atoms with Crippen LogP contribution in [0.4, 0.5) is 10.8 Å². The van der Waals surface area contributed by atoms with Gasteiger partial charge < -0.3 is 4.90 Å². The summed E-state index contributed by atoms with van der Waals surface area (Å²) in [7, 11) is -3.73. The Hall–Kier alpha value is -2.45. The average molecular weight is 526 g/mol. The molecule has 1 N–H and O–H groups in total. The van der Waals surface area contributed by atoms with Gasteiger partial charge in [-0.1, -0.05) is 41.1 Å². The lowest BCUT2D eigenvalue weighted by molar-refractivity contribution is 0.0977. The molecule has 0 atom stereocenters. The highest BCUT2D eigenvalue weighted by molar-refractivity contribution is 9.11. The number of nitrogens with zero attached hydrogens (tertiary/aromatic N) is 3. The summed E-state index contributed by atoms with van der Waals surface area (Å²) in [4.78, 5) is 18.5. The van der Waals surface area contributed by atoms with Crippen molar-refractivity contribution in [3.8, 4) is 6.07 Å². The summed E-state index contributed by atoms with van der Waals surface area (Å²) in [5, 5.41) is 10.1. The number of nitriles is 1. The number of thiazole rings is 1. The molecule has 0 aliphatic carbocycles. The van der Waals surface area contributed by atoms with E-state index in [-0.39, 0.29) is 5.69 Å². The van der Waals surface area contributed by atoms with Crippen molar-refractivity contribution in [1.82, 2.24) is 9.71 Å². The summed E-state index contributed by atoms with van der Waals surface area (Å²) >= 11 is 10.8. The topological polar surface area (TPSA) is 103 Å². The number of sulfonamides is 1. The van der Waals surface area contributed by atoms with E-state index >= 15 is 0 Å². The van der Waals surface area contributed by atoms with Crippen molar-refractivity contribution in [2.24, 2.45) is 0 Å². The molecule has 0 saturated carbocycles. The lowest BCUT2D eigenvalue weighted by Gasteiger charge is -2.22. The van der Waals surface area contributed by atoms with E-state index in [1.54, 1.807) is 30.3 Å². The third-order valence-corrected chi connectivity index (χ3v) is 6.55. The zero-order valence-corrected chi connectivity index (χ0v) is 19.4. The first kappa shape index (κ1) is 22.2. The zero-order valence-electron chi connectivity index (χ0n) is 15.5. The Kier molecular flexibility index (Phi) is 6.77. The van der Waals surface area contributed by atoms with E-state index in [0.29, 0.717) is 26.0 Å². The molecule has 154 valence electrons. The number of amides is 1. The van der Waals surface area contributed by atoms with Crippen LogP contribution in [0.5, 0.6) is 0 Å². The van der Waals surface area contributed by atoms with Gasteiger partial charge in [0, 0.05) is 10.7 Å². The Morgan fingerprint density at radius 3 is 2.53 bits per heavy atom. The number of carbonyl (C=O) groups is 1. The van der Waals surface area contributed by atoms with Gasteiger partial charge in [-0.2, -0.15) is 5.26 Å². The number of benzene rings is 2. The van der Waals surface area contributed by atoms with Gasteiger partial charge in [-0.15, -0.1) is 0 Å². The maximum absolute atomic E-state index is 12.3. The van der Waals surface area contributed by atoms with Gasteiger partial charge in [-0.3, -0.25) is 4.79 Å². The van der Waals surface area contributed by atoms with E-state index in [4.69, 9.17) is 16.9 Å². The number of aromatic nitrogens is 1. The molecule has 2 aromatic carbocycles. The molecule has 0 aliphatic rings. The molecule has 0 aliphatic heterocycles. The molecule has 1 heterocycles. The molecule has 0 spiro atoms. The van der Waals surface area contributed by atoms with Crippen LogP contribution in [0.25, 0.3) is 0 Å². The number of hydrogen-bond acceptors (Lipinski definition) is 7. The monoisotopic (exact) mass is 524 g/mol. The number of carbonyl (C=O) groups excluding carboxylic acids is 1. The summed E-state index contributed by atoms with van der Waals surface area (Å²) in [5.74, 6) is -0.829. The number of hydrogen-bond donors (Lipinski definition) is 1. The van der Waals surface area contributed by atoms with Gasteiger partial charge in [0.1, 0.15) is 3.79 Å². The van der Waals surface area contributed by atoms with Gasteiger partial charge in [-0.05, 0) is 51.8 Å². The Labute approximate surface area is 191 Å². The van der Waals surface area contributed by atoms with Crippen molar-refractivity contribution in [3.63, 3.8) is 0 Å². The zero-order chi connectivity index (χ0) is 21.9. The fraction of sp³-hybridized carbons (Fsp3) is 0.105. The summed E-state index contributed by atoms with van der Waals surface area (Å²) in [6.45, 7) is 0.346. The molecule has 1 amide bonds. The molecule has 0 bridgehead atoms. The van der Waals surface area contributed by atoms with E-state index in [1.807, 2.05) is 27.8 Å². The van der Waals surface area contributed by atoms with Crippen LogP contribution in [0.15, 0.2) is 52.3 Å². The largest absolute Gasteiger partial charge is 0.313 e. The van der Waals surface area contributed by atoms with Gasteiger partial charge >= 0.3 is 0 Å². The normalized spacial score (nSPS) is 11.0. The Balaban J connectivity index is 2.04. The second-order valence-electron chi connectivity index (χ2n) is 6.16. The molecule has 30 heavy (non-hydrogen) atoms. The minimum absolute atomic E-state index is 0.0433. The molecule has 0 radical (unpaired) electrons. The van der Waals surface area contributed by atoms with Gasteiger partial charge in [0.05, 0.1) is 24.4 Å². The summed E-state index contributed by atoms with van der Waals surface area (Å²) < 4.78 is 25.1. The fourth-order valence-corrected chi connectivity index (χ4v) is 4.69. The third-order valence-electron chi connectivity index (χ3n) is 3.89. The van der Waals surface area contributed by atoms with E-state index in [9.17, 15) is 13.2 Å². The van der Waals surface area contributed by atoms with Crippen LogP contribution >= 0.6 is 38.9 Å². The van der Waals surface area contributed by atoms with Crippen molar-refractivity contribution in [3.05, 3.63) is 74.2 Å². The minimum Gasteiger partial charge on any atom is -0.313 e. The highest BCUT2D eigenvalue weighted by Crippen LogP contribution is 2.37. The maximum atomic E-state index is 12.3. The molecule has 3 aromatic rings. The maximum Gasteiger partial charge on any atom is 0.285 e. The average Bonchev–Trinajstić information content (AvgIpc) is 3.08. The molecular formula is C19H14BrClN4O3S2. The molecule has 0 fully saturated rings. The molecule has 11 heteroatoms. The van der Waals surface area contributed by atoms with Crippen LogP contribution in [-0.4, -0.2) is 25.6 Å². The van der Waals surface area contributed by atoms with Gasteiger partial charge in [0.15, 0.2) is 10.8 Å². The first-order valence-electron chi connectivity index (χ1n) is 8.37. The van der Waals surface area contributed by atoms with Crippen molar-refractivity contribution < 1.29 is 13.2 Å². The second kappa shape index (κ2) is 9.14. The van der Waals surface area contributed by atoms with E-state index in [1.165, 1.54) is 11.3 Å². The van der Waals surface area contributed by atoms with Crippen molar-refractivity contribution >= 4 is 65.6 Å². The smallest absolute Gasteiger partial charge is 0.285 e. The highest BCUT2D eigenvalue weighted by Gasteiger charge is 2.23. The first-order valence-corrected chi connectivity index (χ1v) is 12.3. The van der Waals surface area contributed by atoms with Gasteiger partial charge in [0.2, 0.25) is 10.0 Å². The lowest BCUT2D eigenvalue weighted by Crippen LogP contribution is -2.30. The number of halogens is 2. The molecule has 7 nitrogen and oxygen atoms in total. The van der Waals surface area contributed by atoms with Crippen molar-refractivity contribution in [2.75, 3.05) is 11.2 Å². The fourth-order valence-electron chi connectivity index (χ4n) is 2.55. The SMILES string of the molecule is CS(=O)(=O)NC(=O)c1nc(N(Cc2ccccc2Cl)c2ccc(C#N)cc2)sc1Br. The van der Waals surface area contributed by atoms with Crippen LogP contribution in [-0.2, 0) is 16.6 Å². The van der Waals surface area contributed by atoms with Crippen molar-refractivity contribution in [1.29, 1.82) is 5.26 Å². The molecule has 3 rings (SSSR count). The first-order chi connectivity index (χ1) is 14.2. The quantitative estimate of drug-likeness (QED) is 0.510. The highest BCUT2D eigenvalue weighted by atomic mass is 79.9. The second-order valence-corrected chi connectivity index (χ2v) is 10.6. The Morgan fingerprint density at radius 1 is 1.27 bits per heavy atom. The molecule has 0 unspecified atom stereocenters. The summed E-state index contributed by atoms with van der Waals surface area (Å²) in [6, 6.07) is 16.3. The van der Waals surface area contributed by atoms with E-state index < -0.39 is 15.9 Å². The van der Waals surface area contributed by atoms with Gasteiger partial charge in [0.25, 0.3) is 5.91 Å².